The van der Waals surface area contributed by atoms with Gasteiger partial charge in [-0.1, -0.05) is 0 Å². The Bertz CT molecular complexity index is 522. The quantitative estimate of drug-likeness (QED) is 0.805. The van der Waals surface area contributed by atoms with Crippen LogP contribution in [0.1, 0.15) is 37.1 Å². The Morgan fingerprint density at radius 3 is 2.81 bits per heavy atom. The largest absolute Gasteiger partial charge is 0.356 e. The van der Waals surface area contributed by atoms with Gasteiger partial charge in [-0.2, -0.15) is 5.10 Å². The first-order valence-corrected chi connectivity index (χ1v) is 8.10. The summed E-state index contributed by atoms with van der Waals surface area (Å²) in [6.07, 6.45) is 4.46. The summed E-state index contributed by atoms with van der Waals surface area (Å²) in [6, 6.07) is 2.16. The normalized spacial score (nSPS) is 30.8. The van der Waals surface area contributed by atoms with Crippen LogP contribution in [-0.2, 0) is 11.3 Å². The molecule has 2 fully saturated rings. The number of rotatable bonds is 5. The lowest BCUT2D eigenvalue weighted by Crippen LogP contribution is -2.45. The second-order valence-corrected chi connectivity index (χ2v) is 6.73. The third-order valence-corrected chi connectivity index (χ3v) is 5.23. The molecule has 1 aromatic heterocycles. The van der Waals surface area contributed by atoms with Crippen molar-refractivity contribution in [3.8, 4) is 0 Å². The van der Waals surface area contributed by atoms with E-state index in [9.17, 15) is 4.79 Å². The lowest BCUT2D eigenvalue weighted by atomic mass is 9.84. The highest BCUT2D eigenvalue weighted by Crippen LogP contribution is 2.47. The van der Waals surface area contributed by atoms with Gasteiger partial charge in [-0.05, 0) is 57.4 Å². The van der Waals surface area contributed by atoms with Gasteiger partial charge in [0.1, 0.15) is 0 Å². The summed E-state index contributed by atoms with van der Waals surface area (Å²) >= 11 is 0. The van der Waals surface area contributed by atoms with Gasteiger partial charge in [-0.15, -0.1) is 0 Å². The zero-order chi connectivity index (χ0) is 15.0. The minimum Gasteiger partial charge on any atom is -0.356 e. The molecule has 2 aliphatic carbocycles. The molecule has 4 atom stereocenters. The smallest absolute Gasteiger partial charge is 0.224 e. The fourth-order valence-corrected chi connectivity index (χ4v) is 4.18. The van der Waals surface area contributed by atoms with Crippen molar-refractivity contribution in [2.45, 2.75) is 52.1 Å². The highest BCUT2D eigenvalue weighted by atomic mass is 16.1. The number of aromatic nitrogens is 2. The van der Waals surface area contributed by atoms with Crippen LogP contribution in [0, 0.1) is 31.6 Å². The molecule has 3 N–H and O–H groups in total. The van der Waals surface area contributed by atoms with Gasteiger partial charge in [-0.3, -0.25) is 9.48 Å². The molecule has 21 heavy (non-hydrogen) atoms. The third kappa shape index (κ3) is 2.84. The van der Waals surface area contributed by atoms with E-state index in [2.05, 4.69) is 23.4 Å². The van der Waals surface area contributed by atoms with Crippen LogP contribution in [0.25, 0.3) is 0 Å². The van der Waals surface area contributed by atoms with Crippen molar-refractivity contribution in [2.75, 3.05) is 6.54 Å². The molecular formula is C16H26N4O. The van der Waals surface area contributed by atoms with E-state index in [4.69, 9.17) is 5.73 Å². The summed E-state index contributed by atoms with van der Waals surface area (Å²) in [4.78, 5) is 12.3. The molecular weight excluding hydrogens is 264 g/mol. The van der Waals surface area contributed by atoms with E-state index in [1.165, 1.54) is 18.5 Å². The van der Waals surface area contributed by atoms with Crippen molar-refractivity contribution in [1.29, 1.82) is 0 Å². The first kappa shape index (κ1) is 14.6. The predicted molar refractivity (Wildman–Crippen MR) is 81.6 cm³/mol. The maximum absolute atomic E-state index is 12.3. The van der Waals surface area contributed by atoms with E-state index in [1.807, 2.05) is 11.6 Å². The van der Waals surface area contributed by atoms with E-state index in [0.717, 1.165) is 25.1 Å². The molecule has 1 aromatic rings. The Hall–Kier alpha value is -1.36. The molecule has 3 rings (SSSR count). The fourth-order valence-electron chi connectivity index (χ4n) is 4.18. The molecule has 4 unspecified atom stereocenters. The van der Waals surface area contributed by atoms with Crippen LogP contribution in [0.5, 0.6) is 0 Å². The summed E-state index contributed by atoms with van der Waals surface area (Å²) in [6.45, 7) is 5.62. The van der Waals surface area contributed by atoms with E-state index in [1.54, 1.807) is 0 Å². The van der Waals surface area contributed by atoms with E-state index in [0.29, 0.717) is 18.4 Å². The first-order chi connectivity index (χ1) is 10.1. The number of nitrogens with one attached hydrogen (secondary N) is 1. The van der Waals surface area contributed by atoms with Gasteiger partial charge in [-0.25, -0.2) is 0 Å². The lowest BCUT2D eigenvalue weighted by Gasteiger charge is -2.27. The van der Waals surface area contributed by atoms with Gasteiger partial charge >= 0.3 is 0 Å². The number of carbonyl (C=O) groups is 1. The molecule has 0 aromatic carbocycles. The molecule has 2 bridgehead atoms. The molecule has 5 nitrogen and oxygen atoms in total. The van der Waals surface area contributed by atoms with Crippen molar-refractivity contribution in [3.63, 3.8) is 0 Å². The van der Waals surface area contributed by atoms with Crippen LogP contribution < -0.4 is 11.1 Å². The van der Waals surface area contributed by atoms with Crippen LogP contribution >= 0.6 is 0 Å². The van der Waals surface area contributed by atoms with Crippen molar-refractivity contribution in [1.82, 2.24) is 15.1 Å². The van der Waals surface area contributed by atoms with Crippen LogP contribution in [0.15, 0.2) is 6.07 Å². The van der Waals surface area contributed by atoms with Crippen molar-refractivity contribution in [3.05, 3.63) is 17.5 Å². The summed E-state index contributed by atoms with van der Waals surface area (Å²) in [5.74, 6) is 1.34. The molecule has 1 heterocycles. The zero-order valence-corrected chi connectivity index (χ0v) is 13.0. The second kappa shape index (κ2) is 5.79. The fraction of sp³-hybridized carbons (Fsp3) is 0.750. The molecule has 2 aliphatic rings. The maximum atomic E-state index is 12.3. The number of carbonyl (C=O) groups excluding carboxylic acids is 1. The summed E-state index contributed by atoms with van der Waals surface area (Å²) in [7, 11) is 0. The standard InChI is InChI=1S/C16H26N4O/c1-10-8-11(2)20(19-10)7-3-6-18-16(21)14-12-4-5-13(9-12)15(14)17/h8,12-15H,3-7,9,17H2,1-2H3,(H,18,21). The van der Waals surface area contributed by atoms with Gasteiger partial charge in [0.2, 0.25) is 5.91 Å². The number of nitrogens with two attached hydrogens (primary N) is 1. The van der Waals surface area contributed by atoms with Crippen molar-refractivity contribution >= 4 is 5.91 Å². The number of hydrogen-bond acceptors (Lipinski definition) is 3. The van der Waals surface area contributed by atoms with Gasteiger partial charge in [0.15, 0.2) is 0 Å². The third-order valence-electron chi connectivity index (χ3n) is 5.23. The Labute approximate surface area is 126 Å². The SMILES string of the molecule is Cc1cc(C)n(CCCNC(=O)C2C3CCC(C3)C2N)n1. The maximum Gasteiger partial charge on any atom is 0.224 e. The second-order valence-electron chi connectivity index (χ2n) is 6.73. The minimum atomic E-state index is 0.0532. The number of nitrogens with zero attached hydrogens (tertiary/aromatic N) is 2. The molecule has 1 amide bonds. The molecule has 2 saturated carbocycles. The Balaban J connectivity index is 1.43. The highest BCUT2D eigenvalue weighted by Gasteiger charge is 2.48. The predicted octanol–water partition coefficient (Wildman–Crippen LogP) is 1.38. The monoisotopic (exact) mass is 290 g/mol. The van der Waals surface area contributed by atoms with Gasteiger partial charge < -0.3 is 11.1 Å². The van der Waals surface area contributed by atoms with E-state index >= 15 is 0 Å². The van der Waals surface area contributed by atoms with Crippen molar-refractivity contribution in [2.24, 2.45) is 23.5 Å². The number of hydrogen-bond donors (Lipinski definition) is 2. The average Bonchev–Trinajstić information content (AvgIpc) is 3.10. The van der Waals surface area contributed by atoms with Gasteiger partial charge in [0.25, 0.3) is 0 Å². The molecule has 5 heteroatoms. The number of fused-ring (bicyclic) bond motifs is 2. The van der Waals surface area contributed by atoms with Crippen LogP contribution in [-0.4, -0.2) is 28.3 Å². The lowest BCUT2D eigenvalue weighted by molar-refractivity contribution is -0.127. The molecule has 0 saturated heterocycles. The molecule has 0 aliphatic heterocycles. The Kier molecular flexibility index (Phi) is 4.02. The minimum absolute atomic E-state index is 0.0532. The molecule has 0 spiro atoms. The topological polar surface area (TPSA) is 72.9 Å². The van der Waals surface area contributed by atoms with Crippen LogP contribution in [0.2, 0.25) is 0 Å². The van der Waals surface area contributed by atoms with Crippen LogP contribution in [0.3, 0.4) is 0 Å². The summed E-state index contributed by atoms with van der Waals surface area (Å²) in [5.41, 5.74) is 8.43. The Morgan fingerprint density at radius 1 is 1.43 bits per heavy atom. The number of amides is 1. The van der Waals surface area contributed by atoms with E-state index < -0.39 is 0 Å². The highest BCUT2D eigenvalue weighted by molar-refractivity contribution is 5.80. The zero-order valence-electron chi connectivity index (χ0n) is 13.0. The Morgan fingerprint density at radius 2 is 2.19 bits per heavy atom. The summed E-state index contributed by atoms with van der Waals surface area (Å²) < 4.78 is 2.00. The van der Waals surface area contributed by atoms with Crippen LogP contribution in [0.4, 0.5) is 0 Å². The molecule has 0 radical (unpaired) electrons. The van der Waals surface area contributed by atoms with E-state index in [-0.39, 0.29) is 17.9 Å². The van der Waals surface area contributed by atoms with Crippen molar-refractivity contribution < 1.29 is 4.79 Å². The van der Waals surface area contributed by atoms with Gasteiger partial charge in [0, 0.05) is 24.8 Å². The average molecular weight is 290 g/mol. The summed E-state index contributed by atoms with van der Waals surface area (Å²) in [5, 5.41) is 7.51. The van der Waals surface area contributed by atoms with Gasteiger partial charge in [0.05, 0.1) is 11.6 Å². The first-order valence-electron chi connectivity index (χ1n) is 8.10. The molecule has 116 valence electrons. The number of aryl methyl sites for hydroxylation is 3.